The minimum atomic E-state index is -0.446. The summed E-state index contributed by atoms with van der Waals surface area (Å²) in [5.41, 5.74) is 0.400. The van der Waals surface area contributed by atoms with Crippen molar-refractivity contribution >= 4 is 28.8 Å². The molecule has 0 atom stereocenters. The van der Waals surface area contributed by atoms with Crippen molar-refractivity contribution in [3.8, 4) is 0 Å². The fraction of sp³-hybridized carbons (Fsp3) is 0. The number of nitro groups is 1. The molecule has 0 saturated heterocycles. The Labute approximate surface area is 102 Å². The molecular formula is C11H8ClN3O2. The van der Waals surface area contributed by atoms with E-state index in [0.29, 0.717) is 16.5 Å². The van der Waals surface area contributed by atoms with Crippen LogP contribution in [0.5, 0.6) is 0 Å². The first-order chi connectivity index (χ1) is 8.16. The summed E-state index contributed by atoms with van der Waals surface area (Å²) < 4.78 is 0. The number of rotatable bonds is 3. The molecule has 17 heavy (non-hydrogen) atoms. The Morgan fingerprint density at radius 1 is 1.24 bits per heavy atom. The van der Waals surface area contributed by atoms with E-state index in [0.717, 1.165) is 0 Å². The Hall–Kier alpha value is -2.14. The number of anilines is 2. The van der Waals surface area contributed by atoms with Crippen molar-refractivity contribution in [3.63, 3.8) is 0 Å². The molecule has 0 spiro atoms. The van der Waals surface area contributed by atoms with Crippen molar-refractivity contribution in [1.82, 2.24) is 4.98 Å². The molecule has 1 N–H and O–H groups in total. The predicted octanol–water partition coefficient (Wildman–Crippen LogP) is 3.39. The van der Waals surface area contributed by atoms with Gasteiger partial charge in [-0.1, -0.05) is 23.7 Å². The van der Waals surface area contributed by atoms with Gasteiger partial charge in [0.05, 0.1) is 9.95 Å². The van der Waals surface area contributed by atoms with Gasteiger partial charge in [0.1, 0.15) is 11.5 Å². The van der Waals surface area contributed by atoms with Crippen LogP contribution in [0.2, 0.25) is 5.02 Å². The summed E-state index contributed by atoms with van der Waals surface area (Å²) in [6.07, 6.45) is 1.47. The first-order valence-electron chi connectivity index (χ1n) is 4.79. The molecule has 6 heteroatoms. The van der Waals surface area contributed by atoms with E-state index in [1.54, 1.807) is 30.3 Å². The number of nitrogens with one attached hydrogen (secondary N) is 1. The van der Waals surface area contributed by atoms with Crippen LogP contribution in [0.15, 0.2) is 42.6 Å². The minimum absolute atomic E-state index is 0.00394. The summed E-state index contributed by atoms with van der Waals surface area (Å²) >= 11 is 5.70. The molecular weight excluding hydrogens is 242 g/mol. The van der Waals surface area contributed by atoms with Crippen molar-refractivity contribution in [2.24, 2.45) is 0 Å². The van der Waals surface area contributed by atoms with Gasteiger partial charge in [-0.05, 0) is 18.2 Å². The van der Waals surface area contributed by atoms with E-state index in [9.17, 15) is 10.1 Å². The molecule has 0 aliphatic heterocycles. The fourth-order valence-corrected chi connectivity index (χ4v) is 1.44. The van der Waals surface area contributed by atoms with E-state index in [-0.39, 0.29) is 5.69 Å². The smallest absolute Gasteiger partial charge is 0.292 e. The van der Waals surface area contributed by atoms with E-state index in [1.807, 2.05) is 0 Å². The second kappa shape index (κ2) is 4.80. The van der Waals surface area contributed by atoms with Gasteiger partial charge in [0, 0.05) is 12.3 Å². The van der Waals surface area contributed by atoms with Gasteiger partial charge >= 0.3 is 0 Å². The molecule has 1 aromatic heterocycles. The molecule has 0 aliphatic carbocycles. The average molecular weight is 250 g/mol. The summed E-state index contributed by atoms with van der Waals surface area (Å²) in [6.45, 7) is 0. The molecule has 0 unspecified atom stereocenters. The maximum Gasteiger partial charge on any atom is 0.292 e. The van der Waals surface area contributed by atoms with Gasteiger partial charge in [0.25, 0.3) is 5.69 Å². The average Bonchev–Trinajstić information content (AvgIpc) is 2.32. The minimum Gasteiger partial charge on any atom is -0.335 e. The topological polar surface area (TPSA) is 68.1 Å². The molecule has 2 aromatic rings. The van der Waals surface area contributed by atoms with Gasteiger partial charge in [-0.15, -0.1) is 0 Å². The number of hydrogen-bond donors (Lipinski definition) is 1. The Morgan fingerprint density at radius 3 is 2.65 bits per heavy atom. The van der Waals surface area contributed by atoms with E-state index in [1.165, 1.54) is 12.3 Å². The highest BCUT2D eigenvalue weighted by Crippen LogP contribution is 2.26. The molecule has 1 heterocycles. The first kappa shape index (κ1) is 11.3. The van der Waals surface area contributed by atoms with Crippen LogP contribution in [0, 0.1) is 10.1 Å². The van der Waals surface area contributed by atoms with Crippen molar-refractivity contribution in [1.29, 1.82) is 0 Å². The van der Waals surface area contributed by atoms with E-state index >= 15 is 0 Å². The van der Waals surface area contributed by atoms with Crippen LogP contribution in [-0.2, 0) is 0 Å². The Balaban J connectivity index is 2.30. The highest BCUT2D eigenvalue weighted by atomic mass is 35.5. The maximum absolute atomic E-state index is 10.8. The van der Waals surface area contributed by atoms with Crippen LogP contribution < -0.4 is 5.32 Å². The molecule has 0 saturated carbocycles. The SMILES string of the molecule is O=[N+]([O-])c1ccccc1Nc1ccc(Cl)cn1. The summed E-state index contributed by atoms with van der Waals surface area (Å²) in [5.74, 6) is 0.503. The lowest BCUT2D eigenvalue weighted by Crippen LogP contribution is -1.97. The standard InChI is InChI=1S/C11H8ClN3O2/c12-8-5-6-11(13-7-8)14-9-3-1-2-4-10(9)15(16)17/h1-7H,(H,13,14). The van der Waals surface area contributed by atoms with E-state index in [4.69, 9.17) is 11.6 Å². The third kappa shape index (κ3) is 2.70. The highest BCUT2D eigenvalue weighted by Gasteiger charge is 2.12. The number of nitro benzene ring substituents is 1. The number of para-hydroxylation sites is 2. The molecule has 0 amide bonds. The number of benzene rings is 1. The van der Waals surface area contributed by atoms with Gasteiger partial charge in [-0.25, -0.2) is 4.98 Å². The zero-order valence-corrected chi connectivity index (χ0v) is 9.39. The maximum atomic E-state index is 10.8. The van der Waals surface area contributed by atoms with Crippen LogP contribution in [0.4, 0.5) is 17.2 Å². The third-order valence-electron chi connectivity index (χ3n) is 2.09. The number of halogens is 1. The van der Waals surface area contributed by atoms with Crippen molar-refractivity contribution in [3.05, 3.63) is 57.7 Å². The summed E-state index contributed by atoms with van der Waals surface area (Å²) in [4.78, 5) is 14.4. The second-order valence-electron chi connectivity index (χ2n) is 3.26. The Kier molecular flexibility index (Phi) is 3.20. The first-order valence-corrected chi connectivity index (χ1v) is 5.16. The summed E-state index contributed by atoms with van der Waals surface area (Å²) in [6, 6.07) is 9.68. The van der Waals surface area contributed by atoms with Gasteiger partial charge in [-0.3, -0.25) is 10.1 Å². The lowest BCUT2D eigenvalue weighted by Gasteiger charge is -2.05. The van der Waals surface area contributed by atoms with Crippen LogP contribution in [0.1, 0.15) is 0 Å². The van der Waals surface area contributed by atoms with Crippen LogP contribution in [-0.4, -0.2) is 9.91 Å². The monoisotopic (exact) mass is 249 g/mol. The van der Waals surface area contributed by atoms with Crippen LogP contribution in [0.25, 0.3) is 0 Å². The van der Waals surface area contributed by atoms with Gasteiger partial charge in [-0.2, -0.15) is 0 Å². The molecule has 86 valence electrons. The van der Waals surface area contributed by atoms with Crippen LogP contribution >= 0.6 is 11.6 Å². The van der Waals surface area contributed by atoms with E-state index in [2.05, 4.69) is 10.3 Å². The summed E-state index contributed by atoms with van der Waals surface area (Å²) in [5, 5.41) is 14.2. The normalized spacial score (nSPS) is 9.94. The Bertz CT molecular complexity index is 543. The number of hydrogen-bond acceptors (Lipinski definition) is 4. The molecule has 0 fully saturated rings. The van der Waals surface area contributed by atoms with Gasteiger partial charge in [0.15, 0.2) is 0 Å². The molecule has 5 nitrogen and oxygen atoms in total. The molecule has 0 bridgehead atoms. The van der Waals surface area contributed by atoms with E-state index < -0.39 is 4.92 Å². The molecule has 1 aromatic carbocycles. The Morgan fingerprint density at radius 2 is 2.00 bits per heavy atom. The van der Waals surface area contributed by atoms with Crippen molar-refractivity contribution < 1.29 is 4.92 Å². The van der Waals surface area contributed by atoms with Crippen molar-refractivity contribution in [2.75, 3.05) is 5.32 Å². The third-order valence-corrected chi connectivity index (χ3v) is 2.31. The van der Waals surface area contributed by atoms with Gasteiger partial charge < -0.3 is 5.32 Å². The molecule has 0 aliphatic rings. The largest absolute Gasteiger partial charge is 0.335 e. The highest BCUT2D eigenvalue weighted by molar-refractivity contribution is 6.30. The zero-order chi connectivity index (χ0) is 12.3. The zero-order valence-electron chi connectivity index (χ0n) is 8.63. The van der Waals surface area contributed by atoms with Crippen LogP contribution in [0.3, 0.4) is 0 Å². The quantitative estimate of drug-likeness (QED) is 0.669. The summed E-state index contributed by atoms with van der Waals surface area (Å²) in [7, 11) is 0. The number of nitrogens with zero attached hydrogens (tertiary/aromatic N) is 2. The number of pyridine rings is 1. The fourth-order valence-electron chi connectivity index (χ4n) is 1.33. The lowest BCUT2D eigenvalue weighted by molar-refractivity contribution is -0.383. The lowest BCUT2D eigenvalue weighted by atomic mass is 10.2. The van der Waals surface area contributed by atoms with Crippen molar-refractivity contribution in [2.45, 2.75) is 0 Å². The number of aromatic nitrogens is 1. The second-order valence-corrected chi connectivity index (χ2v) is 3.70. The molecule has 0 radical (unpaired) electrons. The molecule has 2 rings (SSSR count). The predicted molar refractivity (Wildman–Crippen MR) is 65.6 cm³/mol. The van der Waals surface area contributed by atoms with Gasteiger partial charge in [0.2, 0.25) is 0 Å².